The highest BCUT2D eigenvalue weighted by Gasteiger charge is 2.16. The van der Waals surface area contributed by atoms with E-state index in [2.05, 4.69) is 4.98 Å². The van der Waals surface area contributed by atoms with Crippen LogP contribution in [0.2, 0.25) is 0 Å². The zero-order valence-corrected chi connectivity index (χ0v) is 12.7. The second kappa shape index (κ2) is 6.09. The zero-order chi connectivity index (χ0) is 15.6. The molecule has 21 heavy (non-hydrogen) atoms. The van der Waals surface area contributed by atoms with Crippen LogP contribution < -0.4 is 14.9 Å². The Labute approximate surface area is 123 Å². The standard InChI is InChI=1S/C14H15NO5S/c1-19-12-4-8-10(5-13(12)20-2)15-6-9(14(8)17)11(16)7-21(3)18/h4-6H,7H2,1-3H3,(H,15,17). The minimum atomic E-state index is -1.30. The molecule has 0 bridgehead atoms. The van der Waals surface area contributed by atoms with Crippen LogP contribution in [-0.2, 0) is 10.8 Å². The van der Waals surface area contributed by atoms with E-state index in [4.69, 9.17) is 9.47 Å². The number of pyridine rings is 1. The molecule has 0 aliphatic rings. The van der Waals surface area contributed by atoms with Crippen LogP contribution in [-0.4, -0.2) is 41.2 Å². The number of rotatable bonds is 5. The van der Waals surface area contributed by atoms with Gasteiger partial charge >= 0.3 is 0 Å². The van der Waals surface area contributed by atoms with Gasteiger partial charge < -0.3 is 14.5 Å². The number of H-pyrrole nitrogens is 1. The second-order valence-electron chi connectivity index (χ2n) is 4.42. The van der Waals surface area contributed by atoms with E-state index in [1.54, 1.807) is 6.07 Å². The molecule has 1 aromatic carbocycles. The van der Waals surface area contributed by atoms with Gasteiger partial charge in [0.1, 0.15) is 0 Å². The Balaban J connectivity index is 2.64. The summed E-state index contributed by atoms with van der Waals surface area (Å²) in [5.74, 6) is 0.254. The monoisotopic (exact) mass is 309 g/mol. The highest BCUT2D eigenvalue weighted by Crippen LogP contribution is 2.30. The molecule has 0 fully saturated rings. The predicted octanol–water partition coefficient (Wildman–Crippen LogP) is 1.11. The van der Waals surface area contributed by atoms with Gasteiger partial charge in [-0.05, 0) is 6.07 Å². The number of benzene rings is 1. The fraction of sp³-hybridized carbons (Fsp3) is 0.286. The Hall–Kier alpha value is -2.15. The molecule has 0 aliphatic carbocycles. The lowest BCUT2D eigenvalue weighted by Gasteiger charge is -2.09. The van der Waals surface area contributed by atoms with Crippen molar-refractivity contribution in [3.63, 3.8) is 0 Å². The van der Waals surface area contributed by atoms with Crippen molar-refractivity contribution in [2.45, 2.75) is 0 Å². The summed E-state index contributed by atoms with van der Waals surface area (Å²) in [5.41, 5.74) is 0.108. The first-order valence-electron chi connectivity index (χ1n) is 6.08. The molecule has 0 spiro atoms. The zero-order valence-electron chi connectivity index (χ0n) is 11.9. The number of ether oxygens (including phenoxy) is 2. The summed E-state index contributed by atoms with van der Waals surface area (Å²) >= 11 is 0. The predicted molar refractivity (Wildman–Crippen MR) is 80.9 cm³/mol. The van der Waals surface area contributed by atoms with Gasteiger partial charge in [-0.1, -0.05) is 0 Å². The van der Waals surface area contributed by atoms with Crippen molar-refractivity contribution in [3.05, 3.63) is 34.1 Å². The van der Waals surface area contributed by atoms with E-state index in [1.165, 1.54) is 32.7 Å². The van der Waals surface area contributed by atoms with E-state index in [9.17, 15) is 13.8 Å². The molecule has 1 unspecified atom stereocenters. The number of carbonyl (C=O) groups is 1. The third kappa shape index (κ3) is 2.97. The van der Waals surface area contributed by atoms with Crippen molar-refractivity contribution >= 4 is 27.5 Å². The molecule has 112 valence electrons. The van der Waals surface area contributed by atoms with Crippen LogP contribution in [0.15, 0.2) is 23.1 Å². The van der Waals surface area contributed by atoms with Crippen LogP contribution in [0.1, 0.15) is 10.4 Å². The number of ketones is 1. The number of Topliss-reactive ketones (excluding diaryl/α,β-unsaturated/α-hetero) is 1. The molecule has 1 heterocycles. The molecule has 0 aliphatic heterocycles. The van der Waals surface area contributed by atoms with E-state index in [0.29, 0.717) is 22.4 Å². The summed E-state index contributed by atoms with van der Waals surface area (Å²) < 4.78 is 21.4. The molecule has 6 nitrogen and oxygen atoms in total. The number of hydrogen-bond acceptors (Lipinski definition) is 5. The van der Waals surface area contributed by atoms with Gasteiger partial charge in [-0.3, -0.25) is 13.8 Å². The minimum Gasteiger partial charge on any atom is -0.493 e. The first-order chi connectivity index (χ1) is 9.97. The van der Waals surface area contributed by atoms with Gasteiger partial charge in [0, 0.05) is 29.3 Å². The average molecular weight is 309 g/mol. The lowest BCUT2D eigenvalue weighted by molar-refractivity contribution is 0.102. The second-order valence-corrected chi connectivity index (χ2v) is 5.86. The average Bonchev–Trinajstić information content (AvgIpc) is 2.45. The minimum absolute atomic E-state index is 0.00933. The summed E-state index contributed by atoms with van der Waals surface area (Å²) in [6.45, 7) is 0. The van der Waals surface area contributed by atoms with Crippen molar-refractivity contribution in [1.29, 1.82) is 0 Å². The highest BCUT2D eigenvalue weighted by atomic mass is 32.2. The van der Waals surface area contributed by atoms with Crippen LogP contribution in [0.25, 0.3) is 10.9 Å². The Morgan fingerprint density at radius 1 is 1.24 bits per heavy atom. The molecule has 1 atom stereocenters. The largest absolute Gasteiger partial charge is 0.493 e. The van der Waals surface area contributed by atoms with Crippen LogP contribution in [0, 0.1) is 0 Å². The smallest absolute Gasteiger partial charge is 0.200 e. The summed E-state index contributed by atoms with van der Waals surface area (Å²) in [6, 6.07) is 3.15. The third-order valence-corrected chi connectivity index (χ3v) is 3.69. The Morgan fingerprint density at radius 3 is 2.43 bits per heavy atom. The molecular weight excluding hydrogens is 294 g/mol. The molecule has 1 N–H and O–H groups in total. The first-order valence-corrected chi connectivity index (χ1v) is 7.81. The van der Waals surface area contributed by atoms with Crippen molar-refractivity contribution in [1.82, 2.24) is 4.98 Å². The molecular formula is C14H15NO5S. The third-order valence-electron chi connectivity index (χ3n) is 3.02. The van der Waals surface area contributed by atoms with E-state index >= 15 is 0 Å². The lowest BCUT2D eigenvalue weighted by Crippen LogP contribution is -2.20. The van der Waals surface area contributed by atoms with Crippen LogP contribution >= 0.6 is 0 Å². The fourth-order valence-corrected chi connectivity index (χ4v) is 2.54. The van der Waals surface area contributed by atoms with Gasteiger partial charge in [0.05, 0.1) is 36.4 Å². The van der Waals surface area contributed by atoms with Crippen LogP contribution in [0.5, 0.6) is 11.5 Å². The van der Waals surface area contributed by atoms with Gasteiger partial charge in [-0.15, -0.1) is 0 Å². The van der Waals surface area contributed by atoms with E-state index in [1.807, 2.05) is 0 Å². The molecule has 0 radical (unpaired) electrons. The molecule has 0 amide bonds. The molecule has 2 aromatic rings. The molecule has 7 heteroatoms. The van der Waals surface area contributed by atoms with E-state index in [-0.39, 0.29) is 11.3 Å². The summed E-state index contributed by atoms with van der Waals surface area (Å²) in [5, 5.41) is 0.320. The van der Waals surface area contributed by atoms with Crippen molar-refractivity contribution in [2.24, 2.45) is 0 Å². The maximum atomic E-state index is 12.4. The number of carbonyl (C=O) groups excluding carboxylic acids is 1. The van der Waals surface area contributed by atoms with Crippen molar-refractivity contribution < 1.29 is 18.5 Å². The SMILES string of the molecule is COc1cc2[nH]cc(C(=O)CS(C)=O)c(=O)c2cc1OC. The van der Waals surface area contributed by atoms with E-state index < -0.39 is 22.0 Å². The molecule has 0 saturated heterocycles. The Morgan fingerprint density at radius 2 is 1.86 bits per heavy atom. The lowest BCUT2D eigenvalue weighted by atomic mass is 10.1. The number of aromatic amines is 1. The Kier molecular flexibility index (Phi) is 4.42. The molecule has 1 aromatic heterocycles. The van der Waals surface area contributed by atoms with Gasteiger partial charge in [0.15, 0.2) is 22.7 Å². The van der Waals surface area contributed by atoms with E-state index in [0.717, 1.165) is 0 Å². The number of nitrogens with one attached hydrogen (secondary N) is 1. The number of hydrogen-bond donors (Lipinski definition) is 1. The van der Waals surface area contributed by atoms with Gasteiger partial charge in [-0.2, -0.15) is 0 Å². The first kappa shape index (κ1) is 15.2. The van der Waals surface area contributed by atoms with Crippen LogP contribution in [0.4, 0.5) is 0 Å². The van der Waals surface area contributed by atoms with Gasteiger partial charge in [0.25, 0.3) is 0 Å². The fourth-order valence-electron chi connectivity index (χ4n) is 2.02. The number of aromatic nitrogens is 1. The van der Waals surface area contributed by atoms with Crippen molar-refractivity contribution in [2.75, 3.05) is 26.2 Å². The van der Waals surface area contributed by atoms with Gasteiger partial charge in [0.2, 0.25) is 0 Å². The number of methoxy groups -OCH3 is 2. The molecule has 0 saturated carbocycles. The topological polar surface area (TPSA) is 85.5 Å². The number of fused-ring (bicyclic) bond motifs is 1. The van der Waals surface area contributed by atoms with Crippen LogP contribution in [0.3, 0.4) is 0 Å². The van der Waals surface area contributed by atoms with Crippen molar-refractivity contribution in [3.8, 4) is 11.5 Å². The highest BCUT2D eigenvalue weighted by molar-refractivity contribution is 7.85. The summed E-state index contributed by atoms with van der Waals surface area (Å²) in [4.78, 5) is 27.2. The maximum Gasteiger partial charge on any atom is 0.200 e. The maximum absolute atomic E-state index is 12.4. The normalized spacial score (nSPS) is 12.1. The Bertz CT molecular complexity index is 781. The summed E-state index contributed by atoms with van der Waals surface area (Å²) in [7, 11) is 1.67. The molecule has 2 rings (SSSR count). The van der Waals surface area contributed by atoms with Gasteiger partial charge in [-0.25, -0.2) is 0 Å². The quantitative estimate of drug-likeness (QED) is 0.836. The summed E-state index contributed by atoms with van der Waals surface area (Å²) in [6.07, 6.45) is 2.76.